The van der Waals surface area contributed by atoms with Gasteiger partial charge < -0.3 is 10.2 Å². The van der Waals surface area contributed by atoms with Crippen molar-refractivity contribution in [1.82, 2.24) is 0 Å². The molecule has 2 heteroatoms. The summed E-state index contributed by atoms with van der Waals surface area (Å²) < 4.78 is 0. The van der Waals surface area contributed by atoms with Crippen LogP contribution in [0.25, 0.3) is 0 Å². The van der Waals surface area contributed by atoms with Gasteiger partial charge in [0, 0.05) is 0 Å². The third-order valence-corrected chi connectivity index (χ3v) is 2.15. The van der Waals surface area contributed by atoms with E-state index >= 15 is 0 Å². The summed E-state index contributed by atoms with van der Waals surface area (Å²) in [6.45, 7) is 5.31. The number of hydrogen-bond donors (Lipinski definition) is 2. The van der Waals surface area contributed by atoms with E-state index in [0.717, 1.165) is 16.7 Å². The third-order valence-electron chi connectivity index (χ3n) is 2.15. The summed E-state index contributed by atoms with van der Waals surface area (Å²) >= 11 is 0. The quantitative estimate of drug-likeness (QED) is 0.724. The number of aliphatic hydroxyl groups excluding tert-OH is 1. The Balaban J connectivity index is 3.15. The van der Waals surface area contributed by atoms with Gasteiger partial charge in [0.05, 0.1) is 6.61 Å². The molecule has 0 radical (unpaired) electrons. The molecule has 0 aliphatic heterocycles. The highest BCUT2D eigenvalue weighted by atomic mass is 16.3. The maximum atomic E-state index is 9.79. The van der Waals surface area contributed by atoms with Gasteiger partial charge in [-0.2, -0.15) is 0 Å². The molecule has 72 valence electrons. The molecule has 2 N–H and O–H groups in total. The van der Waals surface area contributed by atoms with Gasteiger partial charge in [0.15, 0.2) is 0 Å². The standard InChI is InChI=1S/C11H16O2/c1-8-4-9(2)6-10(5-8)11(3,13)7-12/h4-6,12-13H,7H2,1-3H3. The fourth-order valence-corrected chi connectivity index (χ4v) is 1.38. The molecule has 0 saturated carbocycles. The third kappa shape index (κ3) is 2.29. The lowest BCUT2D eigenvalue weighted by Crippen LogP contribution is -2.25. The summed E-state index contributed by atoms with van der Waals surface area (Å²) in [5.41, 5.74) is 1.84. The Hall–Kier alpha value is -0.860. The van der Waals surface area contributed by atoms with Gasteiger partial charge >= 0.3 is 0 Å². The van der Waals surface area contributed by atoms with E-state index in [4.69, 9.17) is 5.11 Å². The van der Waals surface area contributed by atoms with E-state index in [1.54, 1.807) is 6.92 Å². The molecule has 0 amide bonds. The topological polar surface area (TPSA) is 40.5 Å². The normalized spacial score (nSPS) is 15.5. The Bertz CT molecular complexity index is 283. The van der Waals surface area contributed by atoms with Crippen LogP contribution in [0.15, 0.2) is 18.2 Å². The van der Waals surface area contributed by atoms with Crippen molar-refractivity contribution in [3.8, 4) is 0 Å². The molecule has 0 aromatic heterocycles. The molecule has 0 saturated heterocycles. The Morgan fingerprint density at radius 2 is 1.62 bits per heavy atom. The number of aryl methyl sites for hydroxylation is 2. The molecule has 1 atom stereocenters. The minimum absolute atomic E-state index is 0.254. The number of hydrogen-bond acceptors (Lipinski definition) is 2. The zero-order valence-corrected chi connectivity index (χ0v) is 8.33. The van der Waals surface area contributed by atoms with Gasteiger partial charge in [0.2, 0.25) is 0 Å². The smallest absolute Gasteiger partial charge is 0.110 e. The van der Waals surface area contributed by atoms with Crippen LogP contribution < -0.4 is 0 Å². The molecule has 0 fully saturated rings. The maximum Gasteiger partial charge on any atom is 0.110 e. The Labute approximate surface area is 78.8 Å². The largest absolute Gasteiger partial charge is 0.393 e. The maximum absolute atomic E-state index is 9.79. The van der Waals surface area contributed by atoms with E-state index in [-0.39, 0.29) is 6.61 Å². The fourth-order valence-electron chi connectivity index (χ4n) is 1.38. The van der Waals surface area contributed by atoms with E-state index in [9.17, 15) is 5.11 Å². The van der Waals surface area contributed by atoms with Crippen LogP contribution in [0, 0.1) is 13.8 Å². The molecule has 0 spiro atoms. The zero-order chi connectivity index (χ0) is 10.1. The summed E-state index contributed by atoms with van der Waals surface area (Å²) in [7, 11) is 0. The van der Waals surface area contributed by atoms with Gasteiger partial charge in [-0.15, -0.1) is 0 Å². The predicted molar refractivity (Wildman–Crippen MR) is 52.6 cm³/mol. The monoisotopic (exact) mass is 180 g/mol. The van der Waals surface area contributed by atoms with Gasteiger partial charge in [0.25, 0.3) is 0 Å². The second kappa shape index (κ2) is 3.48. The lowest BCUT2D eigenvalue weighted by Gasteiger charge is -2.21. The summed E-state index contributed by atoms with van der Waals surface area (Å²) in [6.07, 6.45) is 0. The van der Waals surface area contributed by atoms with Crippen LogP contribution >= 0.6 is 0 Å². The number of rotatable bonds is 2. The lowest BCUT2D eigenvalue weighted by atomic mass is 9.94. The molecule has 1 aromatic carbocycles. The predicted octanol–water partition coefficient (Wildman–Crippen LogP) is 1.50. The minimum atomic E-state index is -1.13. The number of aliphatic hydroxyl groups is 2. The van der Waals surface area contributed by atoms with Crippen LogP contribution in [0.4, 0.5) is 0 Å². The summed E-state index contributed by atoms with van der Waals surface area (Å²) in [5.74, 6) is 0. The summed E-state index contributed by atoms with van der Waals surface area (Å²) in [6, 6.07) is 5.82. The molecule has 0 aliphatic carbocycles. The minimum Gasteiger partial charge on any atom is -0.393 e. The first kappa shape index (κ1) is 10.2. The lowest BCUT2D eigenvalue weighted by molar-refractivity contribution is -0.00236. The molecule has 0 heterocycles. The first-order chi connectivity index (χ1) is 5.95. The van der Waals surface area contributed by atoms with Crippen LogP contribution in [0.1, 0.15) is 23.6 Å². The zero-order valence-electron chi connectivity index (χ0n) is 8.33. The van der Waals surface area contributed by atoms with Crippen molar-refractivity contribution in [2.24, 2.45) is 0 Å². The van der Waals surface area contributed by atoms with Gasteiger partial charge in [-0.3, -0.25) is 0 Å². The van der Waals surface area contributed by atoms with Crippen molar-refractivity contribution >= 4 is 0 Å². The average molecular weight is 180 g/mol. The highest BCUT2D eigenvalue weighted by molar-refractivity contribution is 5.32. The van der Waals surface area contributed by atoms with Crippen LogP contribution in [0.5, 0.6) is 0 Å². The van der Waals surface area contributed by atoms with Crippen molar-refractivity contribution < 1.29 is 10.2 Å². The Morgan fingerprint density at radius 3 is 2.00 bits per heavy atom. The molecule has 1 aromatic rings. The first-order valence-corrected chi connectivity index (χ1v) is 4.38. The van der Waals surface area contributed by atoms with Crippen LogP contribution in [0.2, 0.25) is 0 Å². The first-order valence-electron chi connectivity index (χ1n) is 4.38. The second-order valence-corrected chi connectivity index (χ2v) is 3.81. The molecule has 1 unspecified atom stereocenters. The molecule has 0 bridgehead atoms. The Morgan fingerprint density at radius 1 is 1.15 bits per heavy atom. The molecule has 2 nitrogen and oxygen atoms in total. The van der Waals surface area contributed by atoms with E-state index in [1.807, 2.05) is 32.0 Å². The molecular weight excluding hydrogens is 164 g/mol. The van der Waals surface area contributed by atoms with E-state index in [0.29, 0.717) is 0 Å². The van der Waals surface area contributed by atoms with E-state index in [1.165, 1.54) is 0 Å². The summed E-state index contributed by atoms with van der Waals surface area (Å²) in [5, 5.41) is 18.8. The SMILES string of the molecule is Cc1cc(C)cc(C(C)(O)CO)c1. The van der Waals surface area contributed by atoms with Crippen molar-refractivity contribution in [2.45, 2.75) is 26.4 Å². The molecular formula is C11H16O2. The fraction of sp³-hybridized carbons (Fsp3) is 0.455. The van der Waals surface area contributed by atoms with Crippen molar-refractivity contribution in [1.29, 1.82) is 0 Å². The van der Waals surface area contributed by atoms with E-state index < -0.39 is 5.60 Å². The highest BCUT2D eigenvalue weighted by Crippen LogP contribution is 2.22. The van der Waals surface area contributed by atoms with Gasteiger partial charge in [-0.1, -0.05) is 29.3 Å². The molecule has 13 heavy (non-hydrogen) atoms. The molecule has 0 aliphatic rings. The van der Waals surface area contributed by atoms with Crippen molar-refractivity contribution in [3.05, 3.63) is 34.9 Å². The van der Waals surface area contributed by atoms with Crippen molar-refractivity contribution in [2.75, 3.05) is 6.61 Å². The number of benzene rings is 1. The van der Waals surface area contributed by atoms with E-state index in [2.05, 4.69) is 0 Å². The van der Waals surface area contributed by atoms with Crippen LogP contribution in [0.3, 0.4) is 0 Å². The van der Waals surface area contributed by atoms with Gasteiger partial charge in [-0.25, -0.2) is 0 Å². The highest BCUT2D eigenvalue weighted by Gasteiger charge is 2.21. The Kier molecular flexibility index (Phi) is 2.74. The van der Waals surface area contributed by atoms with Crippen LogP contribution in [-0.4, -0.2) is 16.8 Å². The van der Waals surface area contributed by atoms with Crippen molar-refractivity contribution in [3.63, 3.8) is 0 Å². The molecule has 1 rings (SSSR count). The second-order valence-electron chi connectivity index (χ2n) is 3.81. The summed E-state index contributed by atoms with van der Waals surface area (Å²) in [4.78, 5) is 0. The van der Waals surface area contributed by atoms with Gasteiger partial charge in [0.1, 0.15) is 5.60 Å². The average Bonchev–Trinajstić information content (AvgIpc) is 2.02. The van der Waals surface area contributed by atoms with Gasteiger partial charge in [-0.05, 0) is 26.3 Å². The van der Waals surface area contributed by atoms with Crippen LogP contribution in [-0.2, 0) is 5.60 Å².